The van der Waals surface area contributed by atoms with E-state index >= 15 is 0 Å². The molecule has 5 nitrogen and oxygen atoms in total. The fraction of sp³-hybridized carbons (Fsp3) is 0.316. The quantitative estimate of drug-likeness (QED) is 0.539. The summed E-state index contributed by atoms with van der Waals surface area (Å²) in [6.45, 7) is 1.69. The molecule has 0 fully saturated rings. The monoisotopic (exact) mass is 362 g/mol. The minimum Gasteiger partial charge on any atom is -0.478 e. The normalized spacial score (nSPS) is 14.7. The number of aliphatic hydroxyl groups is 3. The average Bonchev–Trinajstić information content (AvgIpc) is 2.65. The summed E-state index contributed by atoms with van der Waals surface area (Å²) in [4.78, 5) is 11.8. The lowest BCUT2D eigenvalue weighted by atomic mass is 9.93. The molecule has 0 aliphatic heterocycles. The van der Waals surface area contributed by atoms with Gasteiger partial charge in [0.2, 0.25) is 0 Å². The first kappa shape index (κ1) is 19.5. The van der Waals surface area contributed by atoms with Gasteiger partial charge in [-0.05, 0) is 23.3 Å². The third-order valence-electron chi connectivity index (χ3n) is 4.14. The van der Waals surface area contributed by atoms with Gasteiger partial charge in [0.15, 0.2) is 0 Å². The largest absolute Gasteiger partial charge is 0.478 e. The summed E-state index contributed by atoms with van der Waals surface area (Å²) >= 11 is 1.26. The second-order valence-corrected chi connectivity index (χ2v) is 6.95. The van der Waals surface area contributed by atoms with Crippen LogP contribution in [0.1, 0.15) is 34.5 Å². The van der Waals surface area contributed by atoms with E-state index in [9.17, 15) is 20.1 Å². The molecule has 3 atom stereocenters. The molecule has 6 heteroatoms. The van der Waals surface area contributed by atoms with Crippen molar-refractivity contribution in [2.45, 2.75) is 30.6 Å². The minimum absolute atomic E-state index is 0.0613. The molecule has 0 aromatic heterocycles. The number of thioether (sulfide) groups is 1. The maximum atomic E-state index is 11.2. The highest BCUT2D eigenvalue weighted by molar-refractivity contribution is 7.99. The molecule has 4 N–H and O–H groups in total. The molecular weight excluding hydrogens is 340 g/mol. The first-order valence-electron chi connectivity index (χ1n) is 7.95. The van der Waals surface area contributed by atoms with Crippen LogP contribution in [0.5, 0.6) is 0 Å². The number of carboxylic acid groups (broad SMARTS) is 1. The predicted molar refractivity (Wildman–Crippen MR) is 96.6 cm³/mol. The standard InChI is InChI=1S/C19H22O5S/c1-12(18(22)14-8-6-13(10-20)7-9-14)16(21)11-25-17-5-3-2-4-15(17)19(23)24/h2-9,12,16,18,20-22H,10-11H2,1H3,(H,23,24)/t12-,16+,18+/m1/s1. The fourth-order valence-corrected chi connectivity index (χ4v) is 3.57. The zero-order chi connectivity index (χ0) is 18.4. The highest BCUT2D eigenvalue weighted by atomic mass is 32.2. The van der Waals surface area contributed by atoms with Gasteiger partial charge in [-0.2, -0.15) is 0 Å². The van der Waals surface area contributed by atoms with Crippen molar-refractivity contribution >= 4 is 17.7 Å². The highest BCUT2D eigenvalue weighted by Gasteiger charge is 2.24. The molecule has 0 bridgehead atoms. The molecule has 2 aromatic carbocycles. The molecule has 134 valence electrons. The van der Waals surface area contributed by atoms with Crippen LogP contribution in [-0.2, 0) is 6.61 Å². The van der Waals surface area contributed by atoms with Crippen LogP contribution in [0.4, 0.5) is 0 Å². The van der Waals surface area contributed by atoms with Gasteiger partial charge in [0, 0.05) is 16.6 Å². The summed E-state index contributed by atoms with van der Waals surface area (Å²) in [6.07, 6.45) is -1.66. The van der Waals surface area contributed by atoms with Gasteiger partial charge in [0.25, 0.3) is 0 Å². The van der Waals surface area contributed by atoms with Crippen molar-refractivity contribution in [3.63, 3.8) is 0 Å². The Kier molecular flexibility index (Phi) is 7.01. The lowest BCUT2D eigenvalue weighted by molar-refractivity contribution is 0.0330. The van der Waals surface area contributed by atoms with E-state index in [1.54, 1.807) is 49.4 Å². The molecule has 0 amide bonds. The van der Waals surface area contributed by atoms with E-state index in [0.717, 1.165) is 5.56 Å². The summed E-state index contributed by atoms with van der Waals surface area (Å²) in [7, 11) is 0. The van der Waals surface area contributed by atoms with Crippen molar-refractivity contribution in [3.8, 4) is 0 Å². The number of rotatable bonds is 8. The Labute approximate surface area is 151 Å². The van der Waals surface area contributed by atoms with Crippen LogP contribution in [0.25, 0.3) is 0 Å². The van der Waals surface area contributed by atoms with Gasteiger partial charge in [-0.15, -0.1) is 11.8 Å². The molecule has 0 unspecified atom stereocenters. The van der Waals surface area contributed by atoms with E-state index in [1.807, 2.05) is 0 Å². The van der Waals surface area contributed by atoms with E-state index < -0.39 is 24.1 Å². The Hall–Kier alpha value is -1.86. The van der Waals surface area contributed by atoms with Gasteiger partial charge >= 0.3 is 5.97 Å². The van der Waals surface area contributed by atoms with Gasteiger partial charge in [0.05, 0.1) is 24.4 Å². The van der Waals surface area contributed by atoms with Crippen LogP contribution in [0.15, 0.2) is 53.4 Å². The Morgan fingerprint density at radius 2 is 1.72 bits per heavy atom. The topological polar surface area (TPSA) is 98.0 Å². The summed E-state index contributed by atoms with van der Waals surface area (Å²) in [6, 6.07) is 13.6. The van der Waals surface area contributed by atoms with Crippen molar-refractivity contribution < 1.29 is 25.2 Å². The summed E-state index contributed by atoms with van der Waals surface area (Å²) in [5.41, 5.74) is 1.62. The number of carbonyl (C=O) groups is 1. The third-order valence-corrected chi connectivity index (χ3v) is 5.31. The van der Waals surface area contributed by atoms with Crippen LogP contribution in [0, 0.1) is 5.92 Å². The van der Waals surface area contributed by atoms with Crippen molar-refractivity contribution in [3.05, 3.63) is 65.2 Å². The predicted octanol–water partition coefficient (Wildman–Crippen LogP) is 2.70. The van der Waals surface area contributed by atoms with Crippen molar-refractivity contribution in [2.24, 2.45) is 5.92 Å². The SMILES string of the molecule is C[C@@H]([C@H](O)c1ccc(CO)cc1)[C@@H](O)CSc1ccccc1C(=O)O. The third kappa shape index (κ3) is 5.06. The van der Waals surface area contributed by atoms with Crippen LogP contribution < -0.4 is 0 Å². The molecule has 2 rings (SSSR count). The Morgan fingerprint density at radius 1 is 1.08 bits per heavy atom. The Balaban J connectivity index is 1.99. The van der Waals surface area contributed by atoms with E-state index in [0.29, 0.717) is 10.5 Å². The van der Waals surface area contributed by atoms with Crippen molar-refractivity contribution in [2.75, 3.05) is 5.75 Å². The maximum absolute atomic E-state index is 11.2. The molecule has 25 heavy (non-hydrogen) atoms. The van der Waals surface area contributed by atoms with Crippen molar-refractivity contribution in [1.82, 2.24) is 0 Å². The van der Waals surface area contributed by atoms with Gasteiger partial charge in [-0.25, -0.2) is 4.79 Å². The van der Waals surface area contributed by atoms with Crippen LogP contribution in [0.3, 0.4) is 0 Å². The van der Waals surface area contributed by atoms with Gasteiger partial charge < -0.3 is 20.4 Å². The maximum Gasteiger partial charge on any atom is 0.336 e. The zero-order valence-electron chi connectivity index (χ0n) is 13.9. The molecule has 0 radical (unpaired) electrons. The van der Waals surface area contributed by atoms with Crippen LogP contribution in [0.2, 0.25) is 0 Å². The van der Waals surface area contributed by atoms with Gasteiger partial charge in [-0.1, -0.05) is 43.3 Å². The van der Waals surface area contributed by atoms with E-state index in [-0.39, 0.29) is 17.9 Å². The van der Waals surface area contributed by atoms with E-state index in [1.165, 1.54) is 17.8 Å². The molecule has 2 aromatic rings. The number of aromatic carboxylic acids is 1. The van der Waals surface area contributed by atoms with E-state index in [2.05, 4.69) is 0 Å². The summed E-state index contributed by atoms with van der Waals surface area (Å²) in [5.74, 6) is -1.16. The zero-order valence-corrected chi connectivity index (χ0v) is 14.7. The first-order valence-corrected chi connectivity index (χ1v) is 8.93. The molecule has 0 aliphatic rings. The number of benzene rings is 2. The van der Waals surface area contributed by atoms with Crippen LogP contribution in [-0.4, -0.2) is 38.3 Å². The lowest BCUT2D eigenvalue weighted by Crippen LogP contribution is -2.26. The smallest absolute Gasteiger partial charge is 0.336 e. The molecule has 0 heterocycles. The second-order valence-electron chi connectivity index (χ2n) is 5.88. The minimum atomic E-state index is -1.00. The first-order chi connectivity index (χ1) is 11.9. The number of hydrogen-bond acceptors (Lipinski definition) is 5. The van der Waals surface area contributed by atoms with Gasteiger partial charge in [-0.3, -0.25) is 0 Å². The average molecular weight is 362 g/mol. The molecule has 0 aliphatic carbocycles. The van der Waals surface area contributed by atoms with E-state index in [4.69, 9.17) is 5.11 Å². The van der Waals surface area contributed by atoms with Crippen LogP contribution >= 0.6 is 11.8 Å². The lowest BCUT2D eigenvalue weighted by Gasteiger charge is -2.24. The fourth-order valence-electron chi connectivity index (χ4n) is 2.43. The Morgan fingerprint density at radius 3 is 2.32 bits per heavy atom. The summed E-state index contributed by atoms with van der Waals surface area (Å²) in [5, 5.41) is 39.1. The molecule has 0 saturated heterocycles. The molecule has 0 saturated carbocycles. The van der Waals surface area contributed by atoms with Crippen molar-refractivity contribution in [1.29, 1.82) is 0 Å². The Bertz CT molecular complexity index is 701. The number of carboxylic acids is 1. The number of aliphatic hydroxyl groups excluding tert-OH is 3. The number of hydrogen-bond donors (Lipinski definition) is 4. The molecular formula is C19H22O5S. The second kappa shape index (κ2) is 9.01. The highest BCUT2D eigenvalue weighted by Crippen LogP contribution is 2.29. The summed E-state index contributed by atoms with van der Waals surface area (Å²) < 4.78 is 0. The molecule has 0 spiro atoms. The van der Waals surface area contributed by atoms with Gasteiger partial charge in [0.1, 0.15) is 0 Å².